The summed E-state index contributed by atoms with van der Waals surface area (Å²) in [6.07, 6.45) is -30.3. The van der Waals surface area contributed by atoms with Gasteiger partial charge in [0.25, 0.3) is 0 Å². The van der Waals surface area contributed by atoms with Gasteiger partial charge in [0.15, 0.2) is 0 Å². The molecule has 0 amide bonds. The number of alkyl halides is 12. The van der Waals surface area contributed by atoms with Crippen LogP contribution in [0, 0.1) is 6.92 Å². The fourth-order valence-electron chi connectivity index (χ4n) is 3.78. The zero-order valence-corrected chi connectivity index (χ0v) is 28.0. The highest BCUT2D eigenvalue weighted by Crippen LogP contribution is 2.38. The van der Waals surface area contributed by atoms with E-state index in [0.29, 0.717) is 5.75 Å². The van der Waals surface area contributed by atoms with Gasteiger partial charge >= 0.3 is 30.9 Å². The Balaban J connectivity index is 1.63. The van der Waals surface area contributed by atoms with E-state index in [2.05, 4.69) is 18.9 Å². The summed E-state index contributed by atoms with van der Waals surface area (Å²) in [5.74, 6) is -0.418. The molecule has 0 aromatic heterocycles. The van der Waals surface area contributed by atoms with E-state index in [0.717, 1.165) is 5.56 Å². The summed E-state index contributed by atoms with van der Waals surface area (Å²) < 4.78 is 195. The molecule has 0 bridgehead atoms. The van der Waals surface area contributed by atoms with Crippen LogP contribution in [0.3, 0.4) is 0 Å². The van der Waals surface area contributed by atoms with Crippen LogP contribution in [0.5, 0.6) is 11.5 Å². The molecule has 0 radical (unpaired) electrons. The van der Waals surface area contributed by atoms with Crippen LogP contribution < -0.4 is 9.47 Å². The third kappa shape index (κ3) is 19.4. The maximum absolute atomic E-state index is 13.8. The van der Waals surface area contributed by atoms with Gasteiger partial charge in [0, 0.05) is 0 Å². The van der Waals surface area contributed by atoms with E-state index in [1.54, 1.807) is 24.3 Å². The first-order chi connectivity index (χ1) is 24.9. The number of halogens is 12. The minimum atomic E-state index is -5.58. The van der Waals surface area contributed by atoms with Crippen LogP contribution in [0.4, 0.5) is 52.7 Å². The quantitative estimate of drug-likeness (QED) is 0.0676. The molecular weight excluding hydrogens is 776 g/mol. The highest BCUT2D eigenvalue weighted by Gasteiger charge is 2.52. The second kappa shape index (κ2) is 20.7. The lowest BCUT2D eigenvalue weighted by Crippen LogP contribution is -2.44. The Morgan fingerprint density at radius 2 is 0.907 bits per heavy atom. The normalized spacial score (nSPS) is 14.9. The summed E-state index contributed by atoms with van der Waals surface area (Å²) in [6.45, 7) is -6.93. The number of aliphatic hydroxyl groups excluding tert-OH is 3. The van der Waals surface area contributed by atoms with Gasteiger partial charge in [-0.1, -0.05) is 17.7 Å². The van der Waals surface area contributed by atoms with Crippen LogP contribution in [-0.2, 0) is 40.8 Å². The van der Waals surface area contributed by atoms with Crippen molar-refractivity contribution in [3.05, 3.63) is 59.2 Å². The number of aliphatic hydroxyl groups is 3. The standard InChI is InChI=1S/C31H36F12O11/c1-19-2-4-25(5-3-19)51-15-23(45)11-47-6-7-48-17-27(32,33)53-31(42,43)54-28(34,35)18-50-14-22(44)12-49-13-24(46)16-52-26-9-20(29(36,37)38)8-21(10-26)30(39,40)41/h2-5,8-10,22-24,44-46H,6-7,11-18H2,1H3. The van der Waals surface area contributed by atoms with Crippen molar-refractivity contribution in [3.63, 3.8) is 0 Å². The van der Waals surface area contributed by atoms with Crippen molar-refractivity contribution < 1.29 is 106 Å². The Hall–Kier alpha value is -3.16. The van der Waals surface area contributed by atoms with E-state index >= 15 is 0 Å². The van der Waals surface area contributed by atoms with Crippen molar-refractivity contribution in [2.24, 2.45) is 0 Å². The van der Waals surface area contributed by atoms with Crippen LogP contribution in [0.2, 0.25) is 0 Å². The van der Waals surface area contributed by atoms with E-state index < -0.39 is 112 Å². The minimum Gasteiger partial charge on any atom is -0.491 e. The van der Waals surface area contributed by atoms with Gasteiger partial charge in [0.1, 0.15) is 56.2 Å². The van der Waals surface area contributed by atoms with E-state index in [-0.39, 0.29) is 38.0 Å². The van der Waals surface area contributed by atoms with E-state index in [1.165, 1.54) is 0 Å². The molecule has 2 aromatic rings. The Morgan fingerprint density at radius 3 is 1.41 bits per heavy atom. The van der Waals surface area contributed by atoms with Gasteiger partial charge in [-0.3, -0.25) is 0 Å². The molecule has 0 fully saturated rings. The van der Waals surface area contributed by atoms with Crippen molar-refractivity contribution in [1.29, 1.82) is 0 Å². The van der Waals surface area contributed by atoms with Gasteiger partial charge in [-0.05, 0) is 37.3 Å². The number of rotatable bonds is 25. The van der Waals surface area contributed by atoms with Crippen LogP contribution in [0.15, 0.2) is 42.5 Å². The molecule has 3 unspecified atom stereocenters. The van der Waals surface area contributed by atoms with Crippen molar-refractivity contribution in [2.75, 3.05) is 66.1 Å². The van der Waals surface area contributed by atoms with E-state index in [4.69, 9.17) is 18.9 Å². The van der Waals surface area contributed by atoms with Crippen LogP contribution in [0.1, 0.15) is 16.7 Å². The number of aryl methyl sites for hydroxylation is 1. The zero-order chi connectivity index (χ0) is 40.8. The Labute approximate surface area is 299 Å². The maximum atomic E-state index is 13.8. The van der Waals surface area contributed by atoms with Gasteiger partial charge in [-0.25, -0.2) is 9.47 Å². The summed E-state index contributed by atoms with van der Waals surface area (Å²) in [7, 11) is 0. The highest BCUT2D eigenvalue weighted by atomic mass is 19.4. The molecular formula is C31H36F12O11. The predicted octanol–water partition coefficient (Wildman–Crippen LogP) is 5.41. The number of hydrogen-bond acceptors (Lipinski definition) is 11. The number of benzene rings is 2. The molecule has 2 aromatic carbocycles. The van der Waals surface area contributed by atoms with Gasteiger partial charge in [0.2, 0.25) is 0 Å². The third-order valence-electron chi connectivity index (χ3n) is 6.16. The monoisotopic (exact) mass is 812 g/mol. The van der Waals surface area contributed by atoms with E-state index in [9.17, 15) is 68.0 Å². The molecule has 0 aliphatic heterocycles. The molecule has 0 saturated heterocycles. The smallest absolute Gasteiger partial charge is 0.491 e. The van der Waals surface area contributed by atoms with Gasteiger partial charge < -0.3 is 43.7 Å². The molecule has 23 heteroatoms. The lowest BCUT2D eigenvalue weighted by Gasteiger charge is -2.26. The van der Waals surface area contributed by atoms with Crippen molar-refractivity contribution in [3.8, 4) is 11.5 Å². The highest BCUT2D eigenvalue weighted by molar-refractivity contribution is 5.37. The Bertz CT molecular complexity index is 1350. The van der Waals surface area contributed by atoms with Gasteiger partial charge in [-0.2, -0.15) is 43.9 Å². The zero-order valence-electron chi connectivity index (χ0n) is 28.0. The molecule has 2 rings (SSSR count). The van der Waals surface area contributed by atoms with E-state index in [1.807, 2.05) is 6.92 Å². The predicted molar refractivity (Wildman–Crippen MR) is 157 cm³/mol. The molecule has 11 nitrogen and oxygen atoms in total. The first-order valence-electron chi connectivity index (χ1n) is 15.4. The van der Waals surface area contributed by atoms with Gasteiger partial charge in [0.05, 0.1) is 50.8 Å². The SMILES string of the molecule is Cc1ccc(OCC(O)COCCOCC(F)(F)OC(F)(F)OC(F)(F)COCC(O)COCC(O)COc2cc(C(F)(F)F)cc(C(F)(F)F)c2)cc1. The molecule has 0 heterocycles. The van der Waals surface area contributed by atoms with Crippen molar-refractivity contribution in [1.82, 2.24) is 0 Å². The molecule has 54 heavy (non-hydrogen) atoms. The summed E-state index contributed by atoms with van der Waals surface area (Å²) in [4.78, 5) is 0. The average Bonchev–Trinajstić information content (AvgIpc) is 3.03. The second-order valence-electron chi connectivity index (χ2n) is 11.3. The topological polar surface area (TPSA) is 135 Å². The fraction of sp³-hybridized carbons (Fsp3) is 0.613. The Kier molecular flexibility index (Phi) is 18.0. The molecule has 0 aliphatic carbocycles. The summed E-state index contributed by atoms with van der Waals surface area (Å²) in [5, 5.41) is 29.4. The number of ether oxygens (including phenoxy) is 8. The lowest BCUT2D eigenvalue weighted by atomic mass is 10.1. The lowest BCUT2D eigenvalue weighted by molar-refractivity contribution is -0.518. The number of hydrogen-bond donors (Lipinski definition) is 3. The summed E-state index contributed by atoms with van der Waals surface area (Å²) in [5.41, 5.74) is -2.37. The van der Waals surface area contributed by atoms with Crippen molar-refractivity contribution in [2.45, 2.75) is 56.1 Å². The molecule has 3 N–H and O–H groups in total. The van der Waals surface area contributed by atoms with Crippen LogP contribution >= 0.6 is 0 Å². The van der Waals surface area contributed by atoms with Crippen LogP contribution in [-0.4, -0.2) is 118 Å². The van der Waals surface area contributed by atoms with Crippen molar-refractivity contribution >= 4 is 0 Å². The summed E-state index contributed by atoms with van der Waals surface area (Å²) >= 11 is 0. The first-order valence-corrected chi connectivity index (χ1v) is 15.4. The molecule has 0 aliphatic rings. The average molecular weight is 813 g/mol. The first kappa shape index (κ1) is 47.0. The molecule has 0 saturated carbocycles. The van der Waals surface area contributed by atoms with Crippen LogP contribution in [0.25, 0.3) is 0 Å². The third-order valence-corrected chi connectivity index (χ3v) is 6.16. The maximum Gasteiger partial charge on any atom is 0.495 e. The molecule has 3 atom stereocenters. The Morgan fingerprint density at radius 1 is 0.500 bits per heavy atom. The minimum absolute atomic E-state index is 0.145. The van der Waals surface area contributed by atoms with Gasteiger partial charge in [-0.15, -0.1) is 8.78 Å². The molecule has 310 valence electrons. The second-order valence-corrected chi connectivity index (χ2v) is 11.3. The molecule has 0 spiro atoms. The fourth-order valence-corrected chi connectivity index (χ4v) is 3.78. The summed E-state index contributed by atoms with van der Waals surface area (Å²) in [6, 6.07) is 7.25. The largest absolute Gasteiger partial charge is 0.495 e.